The molecular formula is C11H15N. The van der Waals surface area contributed by atoms with Crippen LogP contribution in [0.3, 0.4) is 0 Å². The Kier molecular flexibility index (Phi) is 1.69. The average Bonchev–Trinajstić information content (AvgIpc) is 2.61. The SMILES string of the molecule is CC1(C)CN1Cc1ccccc1. The second-order valence-electron chi connectivity index (χ2n) is 4.15. The summed E-state index contributed by atoms with van der Waals surface area (Å²) in [6, 6.07) is 10.7. The zero-order valence-corrected chi connectivity index (χ0v) is 7.75. The van der Waals surface area contributed by atoms with E-state index in [-0.39, 0.29) is 0 Å². The molecular weight excluding hydrogens is 146 g/mol. The van der Waals surface area contributed by atoms with Gasteiger partial charge >= 0.3 is 0 Å². The maximum absolute atomic E-state index is 2.47. The van der Waals surface area contributed by atoms with E-state index in [1.165, 1.54) is 12.1 Å². The van der Waals surface area contributed by atoms with Gasteiger partial charge in [0.15, 0.2) is 0 Å². The Hall–Kier alpha value is -0.820. The second kappa shape index (κ2) is 2.60. The third kappa shape index (κ3) is 1.51. The molecule has 1 aromatic carbocycles. The molecule has 64 valence electrons. The van der Waals surface area contributed by atoms with Gasteiger partial charge in [0, 0.05) is 18.6 Å². The fourth-order valence-corrected chi connectivity index (χ4v) is 1.51. The third-order valence-electron chi connectivity index (χ3n) is 2.55. The Bertz CT molecular complexity index is 264. The number of nitrogens with zero attached hydrogens (tertiary/aromatic N) is 1. The molecule has 1 aliphatic rings. The Morgan fingerprint density at radius 1 is 1.25 bits per heavy atom. The molecule has 0 radical (unpaired) electrons. The van der Waals surface area contributed by atoms with Gasteiger partial charge in [-0.3, -0.25) is 4.90 Å². The largest absolute Gasteiger partial charge is 0.291 e. The summed E-state index contributed by atoms with van der Waals surface area (Å²) in [6.45, 7) is 6.92. The summed E-state index contributed by atoms with van der Waals surface area (Å²) in [5.41, 5.74) is 1.87. The van der Waals surface area contributed by atoms with Crippen LogP contribution in [0, 0.1) is 0 Å². The van der Waals surface area contributed by atoms with E-state index in [9.17, 15) is 0 Å². The minimum absolute atomic E-state index is 0.454. The summed E-state index contributed by atoms with van der Waals surface area (Å²) in [5.74, 6) is 0. The molecule has 12 heavy (non-hydrogen) atoms. The molecule has 1 nitrogen and oxygen atoms in total. The van der Waals surface area contributed by atoms with Crippen molar-refractivity contribution in [2.45, 2.75) is 25.9 Å². The van der Waals surface area contributed by atoms with E-state index in [2.05, 4.69) is 49.1 Å². The maximum Gasteiger partial charge on any atom is 0.0284 e. The van der Waals surface area contributed by atoms with Crippen LogP contribution in [-0.4, -0.2) is 17.0 Å². The molecule has 2 rings (SSSR count). The van der Waals surface area contributed by atoms with Crippen molar-refractivity contribution in [3.05, 3.63) is 35.9 Å². The quantitative estimate of drug-likeness (QED) is 0.601. The second-order valence-corrected chi connectivity index (χ2v) is 4.15. The Balaban J connectivity index is 1.98. The molecule has 0 spiro atoms. The van der Waals surface area contributed by atoms with E-state index in [4.69, 9.17) is 0 Å². The van der Waals surface area contributed by atoms with Crippen molar-refractivity contribution < 1.29 is 0 Å². The summed E-state index contributed by atoms with van der Waals surface area (Å²) in [5, 5.41) is 0. The van der Waals surface area contributed by atoms with Crippen LogP contribution in [0.4, 0.5) is 0 Å². The van der Waals surface area contributed by atoms with E-state index in [0.29, 0.717) is 5.54 Å². The summed E-state index contributed by atoms with van der Waals surface area (Å²) in [6.07, 6.45) is 0. The lowest BCUT2D eigenvalue weighted by Gasteiger charge is -2.05. The van der Waals surface area contributed by atoms with Crippen molar-refractivity contribution in [1.82, 2.24) is 4.90 Å². The topological polar surface area (TPSA) is 3.01 Å². The van der Waals surface area contributed by atoms with E-state index in [0.717, 1.165) is 6.54 Å². The van der Waals surface area contributed by atoms with Crippen LogP contribution in [0.25, 0.3) is 0 Å². The first-order valence-electron chi connectivity index (χ1n) is 4.47. The summed E-state index contributed by atoms with van der Waals surface area (Å²) in [4.78, 5) is 2.47. The van der Waals surface area contributed by atoms with Gasteiger partial charge in [0.05, 0.1) is 0 Å². The van der Waals surface area contributed by atoms with Crippen LogP contribution in [-0.2, 0) is 6.54 Å². The highest BCUT2D eigenvalue weighted by atomic mass is 15.3. The highest BCUT2D eigenvalue weighted by Crippen LogP contribution is 2.32. The standard InChI is InChI=1S/C11H15N/c1-11(2)9-12(11)8-10-6-4-3-5-7-10/h3-7H,8-9H2,1-2H3. The molecule has 1 heterocycles. The highest BCUT2D eigenvalue weighted by molar-refractivity contribution is 5.16. The molecule has 1 saturated heterocycles. The molecule has 0 bridgehead atoms. The Morgan fingerprint density at radius 2 is 1.83 bits per heavy atom. The average molecular weight is 161 g/mol. The molecule has 1 atom stereocenters. The lowest BCUT2D eigenvalue weighted by molar-refractivity contribution is 0.441. The monoisotopic (exact) mass is 161 g/mol. The summed E-state index contributed by atoms with van der Waals surface area (Å²) in [7, 11) is 0. The van der Waals surface area contributed by atoms with Gasteiger partial charge in [0.2, 0.25) is 0 Å². The fraction of sp³-hybridized carbons (Fsp3) is 0.455. The molecule has 1 aliphatic heterocycles. The Labute approximate surface area is 74.0 Å². The molecule has 1 aromatic rings. The zero-order valence-electron chi connectivity index (χ0n) is 7.75. The van der Waals surface area contributed by atoms with Crippen LogP contribution < -0.4 is 0 Å². The van der Waals surface area contributed by atoms with Crippen LogP contribution in [0.2, 0.25) is 0 Å². The van der Waals surface area contributed by atoms with Crippen molar-refractivity contribution in [3.63, 3.8) is 0 Å². The van der Waals surface area contributed by atoms with Crippen molar-refractivity contribution in [3.8, 4) is 0 Å². The van der Waals surface area contributed by atoms with Crippen LogP contribution in [0.5, 0.6) is 0 Å². The molecule has 0 aliphatic carbocycles. The molecule has 0 aromatic heterocycles. The van der Waals surface area contributed by atoms with E-state index < -0.39 is 0 Å². The lowest BCUT2D eigenvalue weighted by atomic mass is 10.2. The number of hydrogen-bond donors (Lipinski definition) is 0. The molecule has 1 heteroatoms. The van der Waals surface area contributed by atoms with Crippen LogP contribution in [0.15, 0.2) is 30.3 Å². The van der Waals surface area contributed by atoms with Gasteiger partial charge in [-0.05, 0) is 19.4 Å². The first-order valence-corrected chi connectivity index (χ1v) is 4.47. The number of rotatable bonds is 2. The minimum Gasteiger partial charge on any atom is -0.291 e. The predicted octanol–water partition coefficient (Wildman–Crippen LogP) is 2.28. The van der Waals surface area contributed by atoms with Gasteiger partial charge in [0.25, 0.3) is 0 Å². The van der Waals surface area contributed by atoms with Gasteiger partial charge in [-0.1, -0.05) is 30.3 Å². The number of benzene rings is 1. The Morgan fingerprint density at radius 3 is 2.33 bits per heavy atom. The van der Waals surface area contributed by atoms with Crippen molar-refractivity contribution >= 4 is 0 Å². The van der Waals surface area contributed by atoms with Gasteiger partial charge in [-0.25, -0.2) is 0 Å². The minimum atomic E-state index is 0.454. The van der Waals surface area contributed by atoms with Crippen LogP contribution in [0.1, 0.15) is 19.4 Å². The van der Waals surface area contributed by atoms with Crippen molar-refractivity contribution in [1.29, 1.82) is 0 Å². The first-order chi connectivity index (χ1) is 5.68. The predicted molar refractivity (Wildman–Crippen MR) is 50.9 cm³/mol. The van der Waals surface area contributed by atoms with Crippen LogP contribution >= 0.6 is 0 Å². The molecule has 0 N–H and O–H groups in total. The maximum atomic E-state index is 2.47. The van der Waals surface area contributed by atoms with Gasteiger partial charge in [0.1, 0.15) is 0 Å². The zero-order chi connectivity index (χ0) is 8.60. The van der Waals surface area contributed by atoms with E-state index in [1.54, 1.807) is 0 Å². The van der Waals surface area contributed by atoms with Gasteiger partial charge in [-0.15, -0.1) is 0 Å². The highest BCUT2D eigenvalue weighted by Gasteiger charge is 2.42. The van der Waals surface area contributed by atoms with E-state index >= 15 is 0 Å². The molecule has 0 saturated carbocycles. The van der Waals surface area contributed by atoms with E-state index in [1.807, 2.05) is 0 Å². The normalized spacial score (nSPS) is 25.3. The molecule has 0 amide bonds. The lowest BCUT2D eigenvalue weighted by Crippen LogP contribution is -2.08. The third-order valence-corrected chi connectivity index (χ3v) is 2.55. The van der Waals surface area contributed by atoms with Crippen molar-refractivity contribution in [2.24, 2.45) is 0 Å². The smallest absolute Gasteiger partial charge is 0.0284 e. The molecule has 1 unspecified atom stereocenters. The first kappa shape index (κ1) is 7.81. The van der Waals surface area contributed by atoms with Gasteiger partial charge < -0.3 is 0 Å². The van der Waals surface area contributed by atoms with Gasteiger partial charge in [-0.2, -0.15) is 0 Å². The summed E-state index contributed by atoms with van der Waals surface area (Å²) < 4.78 is 0. The number of hydrogen-bond acceptors (Lipinski definition) is 1. The molecule has 1 fully saturated rings. The fourth-order valence-electron chi connectivity index (χ4n) is 1.51. The summed E-state index contributed by atoms with van der Waals surface area (Å²) >= 11 is 0. The van der Waals surface area contributed by atoms with Crippen molar-refractivity contribution in [2.75, 3.05) is 6.54 Å².